The number of Topliss-reactive ketones (excluding diaryl/α,β-unsaturated/α-hetero) is 1. The van der Waals surface area contributed by atoms with E-state index in [0.29, 0.717) is 23.6 Å². The molecule has 1 heterocycles. The number of hydrogen-bond donors (Lipinski definition) is 1. The zero-order valence-corrected chi connectivity index (χ0v) is 17.7. The van der Waals surface area contributed by atoms with Gasteiger partial charge in [-0.3, -0.25) is 14.2 Å². The van der Waals surface area contributed by atoms with Crippen molar-refractivity contribution in [1.29, 1.82) is 0 Å². The molecule has 0 radical (unpaired) electrons. The van der Waals surface area contributed by atoms with E-state index >= 15 is 0 Å². The highest BCUT2D eigenvalue weighted by molar-refractivity contribution is 7.99. The molecule has 0 aliphatic heterocycles. The van der Waals surface area contributed by atoms with E-state index in [0.717, 1.165) is 35.9 Å². The average molecular weight is 421 g/mol. The van der Waals surface area contributed by atoms with Crippen molar-refractivity contribution in [3.8, 4) is 5.69 Å². The summed E-state index contributed by atoms with van der Waals surface area (Å²) in [5.74, 6) is 1.71. The summed E-state index contributed by atoms with van der Waals surface area (Å²) < 4.78 is 2.07. The minimum atomic E-state index is -0.0150. The van der Waals surface area contributed by atoms with Crippen LogP contribution in [0.25, 0.3) is 5.69 Å². The second kappa shape index (κ2) is 9.26. The molecule has 30 heavy (non-hydrogen) atoms. The molecule has 1 aromatic heterocycles. The molecular formula is C23H24N4O2S. The molecule has 0 spiro atoms. The molecule has 1 amide bonds. The SMILES string of the molecule is CCCC(=O)Nc1ccc(C(=O)CSc2nnc(C3CC3)n2-c2ccccc2)cc1. The zero-order valence-electron chi connectivity index (χ0n) is 16.9. The quantitative estimate of drug-likeness (QED) is 0.395. The first-order valence-electron chi connectivity index (χ1n) is 10.2. The van der Waals surface area contributed by atoms with Crippen LogP contribution in [0, 0.1) is 0 Å². The molecule has 6 nitrogen and oxygen atoms in total. The van der Waals surface area contributed by atoms with Crippen molar-refractivity contribution >= 4 is 29.1 Å². The van der Waals surface area contributed by atoms with Crippen LogP contribution in [-0.2, 0) is 4.79 Å². The molecule has 154 valence electrons. The summed E-state index contributed by atoms with van der Waals surface area (Å²) in [5.41, 5.74) is 2.34. The number of carbonyl (C=O) groups is 2. The fourth-order valence-electron chi connectivity index (χ4n) is 3.20. The van der Waals surface area contributed by atoms with Crippen LogP contribution < -0.4 is 5.32 Å². The van der Waals surface area contributed by atoms with Gasteiger partial charge in [-0.25, -0.2) is 0 Å². The zero-order chi connectivity index (χ0) is 20.9. The number of thioether (sulfide) groups is 1. The average Bonchev–Trinajstić information content (AvgIpc) is 3.52. The van der Waals surface area contributed by atoms with Gasteiger partial charge < -0.3 is 5.32 Å². The van der Waals surface area contributed by atoms with Gasteiger partial charge in [0, 0.05) is 29.3 Å². The number of rotatable bonds is 9. The van der Waals surface area contributed by atoms with E-state index in [9.17, 15) is 9.59 Å². The van der Waals surface area contributed by atoms with Crippen LogP contribution in [0.3, 0.4) is 0 Å². The van der Waals surface area contributed by atoms with Crippen LogP contribution in [-0.4, -0.2) is 32.2 Å². The first kappa shape index (κ1) is 20.3. The molecule has 0 saturated heterocycles. The molecule has 0 atom stereocenters. The number of anilines is 1. The lowest BCUT2D eigenvalue weighted by atomic mass is 10.1. The molecule has 4 rings (SSSR count). The van der Waals surface area contributed by atoms with Gasteiger partial charge in [0.2, 0.25) is 5.91 Å². The number of ketones is 1. The number of aromatic nitrogens is 3. The van der Waals surface area contributed by atoms with Gasteiger partial charge in [-0.15, -0.1) is 10.2 Å². The third kappa shape index (κ3) is 4.79. The fourth-order valence-corrected chi connectivity index (χ4v) is 4.06. The number of hydrogen-bond acceptors (Lipinski definition) is 5. The highest BCUT2D eigenvalue weighted by Crippen LogP contribution is 2.41. The number of nitrogens with zero attached hydrogens (tertiary/aromatic N) is 3. The van der Waals surface area contributed by atoms with Crippen LogP contribution in [0.1, 0.15) is 54.7 Å². The highest BCUT2D eigenvalue weighted by Gasteiger charge is 2.31. The van der Waals surface area contributed by atoms with Gasteiger partial charge in [-0.1, -0.05) is 36.9 Å². The predicted octanol–water partition coefficient (Wildman–Crippen LogP) is 4.86. The summed E-state index contributed by atoms with van der Waals surface area (Å²) in [6.45, 7) is 1.96. The Morgan fingerprint density at radius 1 is 1.07 bits per heavy atom. The van der Waals surface area contributed by atoms with E-state index in [1.807, 2.05) is 37.3 Å². The van der Waals surface area contributed by atoms with Gasteiger partial charge in [0.1, 0.15) is 5.82 Å². The Labute approximate surface area is 180 Å². The maximum absolute atomic E-state index is 12.7. The molecule has 3 aromatic rings. The van der Waals surface area contributed by atoms with Crippen LogP contribution in [0.15, 0.2) is 59.8 Å². The van der Waals surface area contributed by atoms with E-state index in [1.165, 1.54) is 11.8 Å². The van der Waals surface area contributed by atoms with Crippen molar-refractivity contribution in [1.82, 2.24) is 14.8 Å². The largest absolute Gasteiger partial charge is 0.326 e. The highest BCUT2D eigenvalue weighted by atomic mass is 32.2. The lowest BCUT2D eigenvalue weighted by Gasteiger charge is -2.09. The Morgan fingerprint density at radius 3 is 2.47 bits per heavy atom. The summed E-state index contributed by atoms with van der Waals surface area (Å²) in [6, 6.07) is 17.1. The van der Waals surface area contributed by atoms with Gasteiger partial charge in [0.15, 0.2) is 10.9 Å². The van der Waals surface area contributed by atoms with Gasteiger partial charge in [-0.2, -0.15) is 0 Å². The monoisotopic (exact) mass is 420 g/mol. The predicted molar refractivity (Wildman–Crippen MR) is 118 cm³/mol. The summed E-state index contributed by atoms with van der Waals surface area (Å²) in [5, 5.41) is 12.3. The van der Waals surface area contributed by atoms with E-state index in [1.54, 1.807) is 24.3 Å². The number of benzene rings is 2. The Bertz CT molecular complexity index is 1030. The van der Waals surface area contributed by atoms with Crippen molar-refractivity contribution in [3.63, 3.8) is 0 Å². The van der Waals surface area contributed by atoms with Crippen molar-refractivity contribution in [2.75, 3.05) is 11.1 Å². The Kier molecular flexibility index (Phi) is 6.28. The Hall–Kier alpha value is -2.93. The third-order valence-corrected chi connectivity index (χ3v) is 5.84. The number of nitrogens with one attached hydrogen (secondary N) is 1. The van der Waals surface area contributed by atoms with Crippen LogP contribution in [0.4, 0.5) is 5.69 Å². The molecule has 1 saturated carbocycles. The minimum Gasteiger partial charge on any atom is -0.326 e. The first-order valence-corrected chi connectivity index (χ1v) is 11.2. The van der Waals surface area contributed by atoms with Gasteiger partial charge in [-0.05, 0) is 55.7 Å². The van der Waals surface area contributed by atoms with Gasteiger partial charge in [0.05, 0.1) is 5.75 Å². The second-order valence-corrected chi connectivity index (χ2v) is 8.32. The lowest BCUT2D eigenvalue weighted by molar-refractivity contribution is -0.116. The molecule has 1 N–H and O–H groups in total. The summed E-state index contributed by atoms with van der Waals surface area (Å²) in [6.07, 6.45) is 3.56. The van der Waals surface area contributed by atoms with Gasteiger partial charge >= 0.3 is 0 Å². The number of para-hydroxylation sites is 1. The maximum atomic E-state index is 12.7. The molecule has 1 aliphatic rings. The van der Waals surface area contributed by atoms with Crippen LogP contribution in [0.5, 0.6) is 0 Å². The summed E-state index contributed by atoms with van der Waals surface area (Å²) >= 11 is 1.40. The molecule has 1 aliphatic carbocycles. The van der Waals surface area contributed by atoms with Crippen molar-refractivity contribution in [3.05, 3.63) is 66.0 Å². The Balaban J connectivity index is 1.44. The molecule has 0 unspecified atom stereocenters. The van der Waals surface area contributed by atoms with E-state index in [2.05, 4.69) is 20.1 Å². The third-order valence-electron chi connectivity index (χ3n) is 4.92. The Morgan fingerprint density at radius 2 is 1.80 bits per heavy atom. The van der Waals surface area contributed by atoms with Crippen LogP contribution in [0.2, 0.25) is 0 Å². The fraction of sp³-hybridized carbons (Fsp3) is 0.304. The van der Waals surface area contributed by atoms with Crippen LogP contribution >= 0.6 is 11.8 Å². The number of amides is 1. The lowest BCUT2D eigenvalue weighted by Crippen LogP contribution is -2.11. The molecule has 1 fully saturated rings. The van der Waals surface area contributed by atoms with E-state index < -0.39 is 0 Å². The maximum Gasteiger partial charge on any atom is 0.224 e. The molecular weight excluding hydrogens is 396 g/mol. The van der Waals surface area contributed by atoms with Gasteiger partial charge in [0.25, 0.3) is 0 Å². The van der Waals surface area contributed by atoms with E-state index in [-0.39, 0.29) is 17.4 Å². The molecule has 7 heteroatoms. The van der Waals surface area contributed by atoms with Crippen molar-refractivity contribution < 1.29 is 9.59 Å². The van der Waals surface area contributed by atoms with E-state index in [4.69, 9.17) is 0 Å². The standard InChI is InChI=1S/C23H24N4O2S/c1-2-6-21(29)24-18-13-11-16(12-14-18)20(28)15-30-23-26-25-22(17-9-10-17)27(23)19-7-4-3-5-8-19/h3-5,7-8,11-14,17H,2,6,9-10,15H2,1H3,(H,24,29). The summed E-state index contributed by atoms with van der Waals surface area (Å²) in [4.78, 5) is 24.4. The smallest absolute Gasteiger partial charge is 0.224 e. The molecule has 0 bridgehead atoms. The second-order valence-electron chi connectivity index (χ2n) is 7.37. The topological polar surface area (TPSA) is 76.9 Å². The first-order chi connectivity index (χ1) is 14.7. The van der Waals surface area contributed by atoms with Crippen molar-refractivity contribution in [2.45, 2.75) is 43.7 Å². The van der Waals surface area contributed by atoms with Crippen molar-refractivity contribution in [2.24, 2.45) is 0 Å². The summed E-state index contributed by atoms with van der Waals surface area (Å²) in [7, 11) is 0. The number of carbonyl (C=O) groups excluding carboxylic acids is 2. The minimum absolute atomic E-state index is 0.0150. The molecule has 2 aromatic carbocycles. The normalized spacial score (nSPS) is 13.2.